The molecule has 0 spiro atoms. The predicted molar refractivity (Wildman–Crippen MR) is 53.1 cm³/mol. The molecule has 1 heterocycles. The van der Waals surface area contributed by atoms with Crippen LogP contribution in [0.15, 0.2) is 6.20 Å². The van der Waals surface area contributed by atoms with Gasteiger partial charge in [0.1, 0.15) is 5.69 Å². The molecule has 0 atom stereocenters. The van der Waals surface area contributed by atoms with Crippen molar-refractivity contribution in [3.05, 3.63) is 23.0 Å². The van der Waals surface area contributed by atoms with Gasteiger partial charge in [0, 0.05) is 6.20 Å². The van der Waals surface area contributed by atoms with Gasteiger partial charge in [0.25, 0.3) is 5.91 Å². The predicted octanol–water partition coefficient (Wildman–Crippen LogP) is 0.447. The molecule has 6 heteroatoms. The third-order valence-electron chi connectivity index (χ3n) is 1.98. The van der Waals surface area contributed by atoms with Crippen molar-refractivity contribution in [2.24, 2.45) is 0 Å². The van der Waals surface area contributed by atoms with Crippen LogP contribution in [0, 0.1) is 12.3 Å². The maximum absolute atomic E-state index is 11.3. The second-order valence-corrected chi connectivity index (χ2v) is 2.81. The van der Waals surface area contributed by atoms with Gasteiger partial charge in [0.05, 0.1) is 19.0 Å². The Bertz CT molecular complexity index is 409. The van der Waals surface area contributed by atoms with Crippen LogP contribution in [-0.2, 0) is 4.74 Å². The van der Waals surface area contributed by atoms with E-state index in [0.29, 0.717) is 11.1 Å². The first-order valence-corrected chi connectivity index (χ1v) is 4.18. The zero-order valence-corrected chi connectivity index (χ0v) is 8.38. The molecule has 15 heavy (non-hydrogen) atoms. The lowest BCUT2D eigenvalue weighted by Crippen LogP contribution is -2.22. The van der Waals surface area contributed by atoms with E-state index in [2.05, 4.69) is 15.0 Å². The number of rotatable bonds is 3. The fourth-order valence-electron chi connectivity index (χ4n) is 1.19. The lowest BCUT2D eigenvalue weighted by molar-refractivity contribution is 0.0600. The van der Waals surface area contributed by atoms with E-state index >= 15 is 0 Å². The molecule has 1 aromatic rings. The van der Waals surface area contributed by atoms with Crippen LogP contribution < -0.4 is 5.32 Å². The molecule has 1 aromatic heterocycles. The Morgan fingerprint density at radius 1 is 1.60 bits per heavy atom. The first kappa shape index (κ1) is 11.0. The number of hydrogen-bond acceptors (Lipinski definition) is 4. The van der Waals surface area contributed by atoms with Gasteiger partial charge in [-0.25, -0.2) is 4.79 Å². The zero-order chi connectivity index (χ0) is 11.4. The second-order valence-electron chi connectivity index (χ2n) is 2.81. The third kappa shape index (κ3) is 2.04. The molecule has 0 radical (unpaired) electrons. The summed E-state index contributed by atoms with van der Waals surface area (Å²) in [6, 6.07) is 0. The highest BCUT2D eigenvalue weighted by Crippen LogP contribution is 2.13. The van der Waals surface area contributed by atoms with Gasteiger partial charge in [-0.2, -0.15) is 0 Å². The Labute approximate surface area is 86.1 Å². The molecule has 1 amide bonds. The maximum atomic E-state index is 11.3. The van der Waals surface area contributed by atoms with E-state index in [-0.39, 0.29) is 5.69 Å². The number of aromatic nitrogens is 1. The van der Waals surface area contributed by atoms with Crippen LogP contribution in [-0.4, -0.2) is 30.3 Å². The molecule has 0 saturated carbocycles. The van der Waals surface area contributed by atoms with E-state index in [4.69, 9.17) is 5.41 Å². The summed E-state index contributed by atoms with van der Waals surface area (Å²) in [7, 11) is 1.27. The van der Waals surface area contributed by atoms with Gasteiger partial charge < -0.3 is 15.0 Å². The van der Waals surface area contributed by atoms with Crippen molar-refractivity contribution in [1.29, 1.82) is 5.41 Å². The van der Waals surface area contributed by atoms with Crippen molar-refractivity contribution in [3.63, 3.8) is 0 Å². The van der Waals surface area contributed by atoms with E-state index in [9.17, 15) is 9.59 Å². The minimum Gasteiger partial charge on any atom is -0.465 e. The van der Waals surface area contributed by atoms with E-state index in [1.54, 1.807) is 6.92 Å². The van der Waals surface area contributed by atoms with Gasteiger partial charge in [0.2, 0.25) is 0 Å². The summed E-state index contributed by atoms with van der Waals surface area (Å²) in [6.07, 6.45) is 2.18. The van der Waals surface area contributed by atoms with Crippen LogP contribution in [0.25, 0.3) is 0 Å². The lowest BCUT2D eigenvalue weighted by atomic mass is 10.1. The molecule has 0 aliphatic heterocycles. The molecule has 0 aliphatic carbocycles. The number of methoxy groups -OCH3 is 1. The number of esters is 1. The quantitative estimate of drug-likeness (QED) is 0.383. The van der Waals surface area contributed by atoms with E-state index in [0.717, 1.165) is 6.34 Å². The number of nitrogens with one attached hydrogen (secondary N) is 3. The topological polar surface area (TPSA) is 95.0 Å². The minimum absolute atomic E-state index is 0.249. The van der Waals surface area contributed by atoms with Crippen molar-refractivity contribution in [2.75, 3.05) is 7.11 Å². The smallest absolute Gasteiger partial charge is 0.339 e. The molecule has 6 nitrogen and oxygen atoms in total. The van der Waals surface area contributed by atoms with Crippen LogP contribution in [0.3, 0.4) is 0 Å². The van der Waals surface area contributed by atoms with Gasteiger partial charge in [-0.1, -0.05) is 0 Å². The number of ether oxygens (including phenoxy) is 1. The highest BCUT2D eigenvalue weighted by molar-refractivity contribution is 6.03. The summed E-state index contributed by atoms with van der Waals surface area (Å²) in [5, 5.41) is 8.91. The van der Waals surface area contributed by atoms with Gasteiger partial charge in [-0.05, 0) is 12.5 Å². The lowest BCUT2D eigenvalue weighted by Gasteiger charge is -1.99. The minimum atomic E-state index is -0.502. The van der Waals surface area contributed by atoms with Crippen molar-refractivity contribution in [2.45, 2.75) is 6.92 Å². The van der Waals surface area contributed by atoms with Gasteiger partial charge >= 0.3 is 5.97 Å². The summed E-state index contributed by atoms with van der Waals surface area (Å²) in [5.74, 6) is -0.963. The summed E-state index contributed by atoms with van der Waals surface area (Å²) in [6.45, 7) is 1.63. The molecule has 0 aliphatic rings. The molecular formula is C9H11N3O3. The van der Waals surface area contributed by atoms with E-state index < -0.39 is 11.9 Å². The number of carbonyl (C=O) groups is 2. The normalized spacial score (nSPS) is 9.47. The summed E-state index contributed by atoms with van der Waals surface area (Å²) in [5.41, 5.74) is 1.06. The van der Waals surface area contributed by atoms with Crippen LogP contribution in [0.4, 0.5) is 0 Å². The van der Waals surface area contributed by atoms with Gasteiger partial charge in [-0.15, -0.1) is 0 Å². The number of aromatic amines is 1. The molecule has 0 aromatic carbocycles. The Hall–Kier alpha value is -2.11. The Kier molecular flexibility index (Phi) is 3.22. The van der Waals surface area contributed by atoms with Gasteiger partial charge in [-0.3, -0.25) is 10.2 Å². The Morgan fingerprint density at radius 2 is 2.27 bits per heavy atom. The van der Waals surface area contributed by atoms with Crippen LogP contribution in [0.5, 0.6) is 0 Å². The number of carbonyl (C=O) groups excluding carboxylic acids is 2. The average Bonchev–Trinajstić information content (AvgIpc) is 2.59. The number of H-pyrrole nitrogens is 1. The third-order valence-corrected chi connectivity index (χ3v) is 1.98. The SMILES string of the molecule is COC(=O)c1c[nH]c(C(=O)NC=N)c1C. The molecule has 3 N–H and O–H groups in total. The van der Waals surface area contributed by atoms with Crippen molar-refractivity contribution in [1.82, 2.24) is 10.3 Å². The largest absolute Gasteiger partial charge is 0.465 e. The van der Waals surface area contributed by atoms with E-state index in [1.807, 2.05) is 0 Å². The maximum Gasteiger partial charge on any atom is 0.339 e. The van der Waals surface area contributed by atoms with Crippen LogP contribution >= 0.6 is 0 Å². The molecular weight excluding hydrogens is 198 g/mol. The van der Waals surface area contributed by atoms with Crippen LogP contribution in [0.1, 0.15) is 26.4 Å². The fourth-order valence-corrected chi connectivity index (χ4v) is 1.19. The molecule has 80 valence electrons. The Balaban J connectivity index is 3.03. The highest BCUT2D eigenvalue weighted by Gasteiger charge is 2.18. The molecule has 0 fully saturated rings. The summed E-state index contributed by atoms with van der Waals surface area (Å²) >= 11 is 0. The Morgan fingerprint density at radius 3 is 2.80 bits per heavy atom. The summed E-state index contributed by atoms with van der Waals surface area (Å²) < 4.78 is 4.53. The number of amides is 1. The first-order valence-electron chi connectivity index (χ1n) is 4.18. The molecule has 1 rings (SSSR count). The molecule has 0 unspecified atom stereocenters. The monoisotopic (exact) mass is 209 g/mol. The molecule has 0 bridgehead atoms. The number of hydrogen-bond donors (Lipinski definition) is 3. The van der Waals surface area contributed by atoms with Crippen LogP contribution in [0.2, 0.25) is 0 Å². The van der Waals surface area contributed by atoms with Crippen molar-refractivity contribution >= 4 is 18.2 Å². The van der Waals surface area contributed by atoms with Gasteiger partial charge in [0.15, 0.2) is 0 Å². The fraction of sp³-hybridized carbons (Fsp3) is 0.222. The highest BCUT2D eigenvalue weighted by atomic mass is 16.5. The second kappa shape index (κ2) is 4.41. The van der Waals surface area contributed by atoms with E-state index in [1.165, 1.54) is 13.3 Å². The first-order chi connectivity index (χ1) is 7.11. The average molecular weight is 209 g/mol. The summed E-state index contributed by atoms with van der Waals surface area (Å²) in [4.78, 5) is 25.2. The van der Waals surface area contributed by atoms with Crippen molar-refractivity contribution in [3.8, 4) is 0 Å². The zero-order valence-electron chi connectivity index (χ0n) is 8.38. The van der Waals surface area contributed by atoms with Crippen molar-refractivity contribution < 1.29 is 14.3 Å². The standard InChI is InChI=1S/C9H11N3O3/c1-5-6(9(14)15-2)3-11-7(5)8(13)12-4-10/h3-4,11H,1-2H3,(H2,10,12,13). The molecule has 0 saturated heterocycles.